The minimum Gasteiger partial charge on any atom is -0.399 e. The number of aromatic nitrogens is 2. The number of carbonyl (C=O) groups is 1. The molecule has 0 unspecified atom stereocenters. The molecule has 6 rings (SSSR count). The number of carbonyl (C=O) groups excluding carboxylic acids is 1. The number of hydrogen-bond acceptors (Lipinski definition) is 17. The number of halogens is 1. The molecule has 0 aliphatic carbocycles. The molecule has 0 radical (unpaired) electrons. The third-order valence-electron chi connectivity index (χ3n) is 6.48. The first-order chi connectivity index (χ1) is 29.5. The number of hydrogen-bond donors (Lipinski definition) is 3. The molecule has 2 heterocycles. The first kappa shape index (κ1) is 54.4. The van der Waals surface area contributed by atoms with E-state index in [2.05, 4.69) is 34.4 Å². The SMILES string of the molecule is CCOP(=S)(S)OCC.N#Cc1cccc([N+](=O)[O-])c1.NC(=S)c1cccc([N+](=O)[O-])c1.Nc1cccc(-c2nccs2)c1.O=CCCl.O=[N+]([O-])c1cccc(-c2nccs2)c1. The Kier molecular flexibility index (Phi) is 26.7. The smallest absolute Gasteiger partial charge is 0.270 e. The van der Waals surface area contributed by atoms with Gasteiger partial charge in [0.05, 0.1) is 45.5 Å². The Balaban J connectivity index is 0.000000382. The molecule has 17 nitrogen and oxygen atoms in total. The minimum absolute atomic E-state index is 0.000278. The monoisotopic (exact) mass is 976 g/mol. The molecule has 2 aromatic heterocycles. The second-order valence-electron chi connectivity index (χ2n) is 10.8. The van der Waals surface area contributed by atoms with Crippen LogP contribution in [0.15, 0.2) is 120 Å². The second-order valence-corrected chi connectivity index (χ2v) is 18.6. The molecular formula is C38H38ClN8O9PS5. The van der Waals surface area contributed by atoms with Crippen molar-refractivity contribution < 1.29 is 28.6 Å². The van der Waals surface area contributed by atoms with E-state index in [0.717, 1.165) is 26.8 Å². The summed E-state index contributed by atoms with van der Waals surface area (Å²) in [6, 6.07) is 27.5. The van der Waals surface area contributed by atoms with Crippen molar-refractivity contribution in [3.63, 3.8) is 0 Å². The maximum absolute atomic E-state index is 10.5. The Bertz CT molecular complexity index is 2390. The number of nitrogen functional groups attached to an aromatic ring is 1. The molecule has 62 heavy (non-hydrogen) atoms. The number of nitro benzene ring substituents is 3. The molecule has 0 bridgehead atoms. The van der Waals surface area contributed by atoms with Crippen molar-refractivity contribution in [2.75, 3.05) is 24.8 Å². The lowest BCUT2D eigenvalue weighted by atomic mass is 10.2. The predicted octanol–water partition coefficient (Wildman–Crippen LogP) is 10.4. The highest BCUT2D eigenvalue weighted by Crippen LogP contribution is 2.52. The number of aldehydes is 1. The van der Waals surface area contributed by atoms with E-state index in [0.29, 0.717) is 30.6 Å². The van der Waals surface area contributed by atoms with Gasteiger partial charge in [-0.1, -0.05) is 66.9 Å². The summed E-state index contributed by atoms with van der Waals surface area (Å²) in [6.07, 6.45) is 4.11. The number of benzene rings is 4. The maximum Gasteiger partial charge on any atom is 0.270 e. The van der Waals surface area contributed by atoms with Gasteiger partial charge in [0.15, 0.2) is 0 Å². The number of thiazole rings is 2. The molecule has 4 aromatic carbocycles. The number of nitrogens with two attached hydrogens (primary N) is 2. The van der Waals surface area contributed by atoms with Crippen molar-refractivity contribution in [1.82, 2.24) is 9.97 Å². The zero-order valence-electron chi connectivity index (χ0n) is 32.7. The van der Waals surface area contributed by atoms with E-state index in [1.807, 2.05) is 61.0 Å². The summed E-state index contributed by atoms with van der Waals surface area (Å²) in [5, 5.41) is 45.0. The van der Waals surface area contributed by atoms with E-state index in [-0.39, 0.29) is 27.9 Å². The predicted molar refractivity (Wildman–Crippen MR) is 256 cm³/mol. The largest absolute Gasteiger partial charge is 0.399 e. The number of nitro groups is 3. The summed E-state index contributed by atoms with van der Waals surface area (Å²) in [5.74, 6) is 0.111. The summed E-state index contributed by atoms with van der Waals surface area (Å²) in [6.45, 7) is 4.88. The van der Waals surface area contributed by atoms with E-state index in [1.165, 1.54) is 59.9 Å². The fraction of sp³-hybridized carbons (Fsp3) is 0.132. The minimum atomic E-state index is -2.16. The molecule has 326 valence electrons. The fourth-order valence-corrected chi connectivity index (χ4v) is 7.43. The topological polar surface area (TPSA) is 267 Å². The van der Waals surface area contributed by atoms with E-state index in [4.69, 9.17) is 54.0 Å². The Labute approximate surface area is 385 Å². The van der Waals surface area contributed by atoms with Crippen molar-refractivity contribution in [3.05, 3.63) is 162 Å². The van der Waals surface area contributed by atoms with Crippen molar-refractivity contribution >= 4 is 110 Å². The van der Waals surface area contributed by atoms with E-state index < -0.39 is 20.5 Å². The van der Waals surface area contributed by atoms with Gasteiger partial charge in [0.25, 0.3) is 17.1 Å². The van der Waals surface area contributed by atoms with Crippen LogP contribution in [0.3, 0.4) is 0 Å². The lowest BCUT2D eigenvalue weighted by Crippen LogP contribution is -2.09. The zero-order valence-corrected chi connectivity index (χ0v) is 38.5. The number of anilines is 1. The molecular weight excluding hydrogens is 939 g/mol. The van der Waals surface area contributed by atoms with Crippen LogP contribution in [-0.4, -0.2) is 55.1 Å². The van der Waals surface area contributed by atoms with Gasteiger partial charge in [0.1, 0.15) is 21.3 Å². The molecule has 6 aromatic rings. The highest BCUT2D eigenvalue weighted by Gasteiger charge is 2.10. The summed E-state index contributed by atoms with van der Waals surface area (Å²) in [5.41, 5.74) is 12.3. The molecule has 0 amide bonds. The van der Waals surface area contributed by atoms with Gasteiger partial charge >= 0.3 is 0 Å². The lowest BCUT2D eigenvalue weighted by molar-refractivity contribution is -0.385. The number of thiocarbonyl (C=S) groups is 1. The second kappa shape index (κ2) is 30.4. The van der Waals surface area contributed by atoms with E-state index >= 15 is 0 Å². The van der Waals surface area contributed by atoms with Crippen LogP contribution in [0.25, 0.3) is 21.1 Å². The van der Waals surface area contributed by atoms with Gasteiger partial charge in [-0.05, 0) is 43.9 Å². The first-order valence-electron chi connectivity index (χ1n) is 17.2. The van der Waals surface area contributed by atoms with Crippen LogP contribution in [0.2, 0.25) is 0 Å². The number of nitriles is 1. The average Bonchev–Trinajstić information content (AvgIpc) is 4.01. The third kappa shape index (κ3) is 22.3. The van der Waals surface area contributed by atoms with Gasteiger partial charge in [-0.2, -0.15) is 5.26 Å². The van der Waals surface area contributed by atoms with Gasteiger partial charge < -0.3 is 25.3 Å². The standard InChI is InChI=1S/C9H6N2O2S.C9H8N2S.C7H6N2O2S.C7H4N2O2.C4H11O2PS2.C2H3ClO/c12-11(13)8-3-1-2-7(6-8)9-10-4-5-14-9;10-8-3-1-2-7(6-8)9-11-4-5-12-9;8-7(12)5-2-1-3-6(4-5)9(10)11;8-5-6-2-1-3-7(4-6)9(10)11;1-3-5-7(8,9)6-4-2;3-1-2-4/h1-6H;1-6H,10H2;1-4H,(H2,8,12);1-4H;3-4H2,1-2H3,(H,8,9);2H,1H2. The van der Waals surface area contributed by atoms with Gasteiger partial charge in [0.2, 0.25) is 5.69 Å². The highest BCUT2D eigenvalue weighted by molar-refractivity contribution is 8.60. The number of rotatable bonds is 11. The fourth-order valence-electron chi connectivity index (χ4n) is 3.98. The van der Waals surface area contributed by atoms with Crippen LogP contribution in [-0.2, 0) is 25.6 Å². The molecule has 0 saturated heterocycles. The highest BCUT2D eigenvalue weighted by atomic mass is 35.5. The number of alkyl halides is 1. The van der Waals surface area contributed by atoms with Gasteiger partial charge in [-0.25, -0.2) is 9.97 Å². The van der Waals surface area contributed by atoms with Crippen molar-refractivity contribution in [1.29, 1.82) is 5.26 Å². The van der Waals surface area contributed by atoms with Crippen LogP contribution in [0.1, 0.15) is 25.0 Å². The number of thiol groups is 1. The summed E-state index contributed by atoms with van der Waals surface area (Å²) in [4.78, 5) is 47.0. The molecule has 4 N–H and O–H groups in total. The van der Waals surface area contributed by atoms with Crippen molar-refractivity contribution in [2.24, 2.45) is 5.73 Å². The summed E-state index contributed by atoms with van der Waals surface area (Å²) in [7, 11) is 0. The van der Waals surface area contributed by atoms with Crippen LogP contribution in [0.5, 0.6) is 0 Å². The maximum atomic E-state index is 10.5. The Morgan fingerprint density at radius 1 is 0.823 bits per heavy atom. The molecule has 0 spiro atoms. The third-order valence-corrected chi connectivity index (χ3v) is 11.0. The van der Waals surface area contributed by atoms with Crippen molar-refractivity contribution in [3.8, 4) is 27.2 Å². The average molecular weight is 978 g/mol. The van der Waals surface area contributed by atoms with Gasteiger partial charge in [-0.3, -0.25) is 30.3 Å². The summed E-state index contributed by atoms with van der Waals surface area (Å²) < 4.78 is 10.1. The molecule has 0 aliphatic heterocycles. The first-order valence-corrected chi connectivity index (χ1v) is 23.7. The zero-order chi connectivity index (χ0) is 46.5. The summed E-state index contributed by atoms with van der Waals surface area (Å²) >= 11 is 21.5. The van der Waals surface area contributed by atoms with E-state index in [9.17, 15) is 30.3 Å². The molecule has 0 saturated carbocycles. The van der Waals surface area contributed by atoms with Crippen LogP contribution in [0, 0.1) is 41.7 Å². The van der Waals surface area contributed by atoms with Gasteiger partial charge in [0, 0.05) is 81.9 Å². The Morgan fingerprint density at radius 3 is 1.66 bits per heavy atom. The Morgan fingerprint density at radius 2 is 1.26 bits per heavy atom. The number of nitrogens with zero attached hydrogens (tertiary/aromatic N) is 6. The normalized spacial score (nSPS) is 9.66. The Hall–Kier alpha value is -5.60. The van der Waals surface area contributed by atoms with Crippen LogP contribution < -0.4 is 11.5 Å². The van der Waals surface area contributed by atoms with Crippen LogP contribution in [0.4, 0.5) is 22.7 Å². The van der Waals surface area contributed by atoms with Crippen molar-refractivity contribution in [2.45, 2.75) is 13.8 Å². The molecule has 0 atom stereocenters. The lowest BCUT2D eigenvalue weighted by Gasteiger charge is -2.13. The number of non-ortho nitro benzene ring substituents is 3. The van der Waals surface area contributed by atoms with Gasteiger partial charge in [-0.15, -0.1) is 34.3 Å². The molecule has 24 heteroatoms. The van der Waals surface area contributed by atoms with Crippen LogP contribution >= 0.6 is 64.4 Å². The van der Waals surface area contributed by atoms with E-state index in [1.54, 1.807) is 41.9 Å². The molecule has 0 fully saturated rings. The quantitative estimate of drug-likeness (QED) is 0.0159. The molecule has 0 aliphatic rings.